The molecule has 45 heavy (non-hydrogen) atoms. The number of morpholine rings is 1. The number of carbonyl (C=O) groups is 1. The highest BCUT2D eigenvalue weighted by atomic mass is 19.4. The molecule has 3 heterocycles. The van der Waals surface area contributed by atoms with Gasteiger partial charge < -0.3 is 24.1 Å². The van der Waals surface area contributed by atoms with Crippen LogP contribution < -0.4 is 14.8 Å². The summed E-state index contributed by atoms with van der Waals surface area (Å²) in [6, 6.07) is 8.82. The topological polar surface area (TPSA) is 112 Å². The largest absolute Gasteiger partial charge is 0.493 e. The van der Waals surface area contributed by atoms with E-state index in [2.05, 4.69) is 25.3 Å². The first-order chi connectivity index (χ1) is 21.5. The molecule has 10 nitrogen and oxygen atoms in total. The number of alkyl halides is 3. The minimum absolute atomic E-state index is 0.0812. The SMILES string of the molecule is COc1cc2nc(-c3ccc(CC(=O)Nc4cc(C5(C(F)(F)F)CC5)on4)c(F)c3)cnc2cc1OCCN1CCO[C@H](C)C1. The number of nitrogens with one attached hydrogen (secondary N) is 1. The van der Waals surface area contributed by atoms with Crippen molar-refractivity contribution in [2.24, 2.45) is 0 Å². The highest BCUT2D eigenvalue weighted by Gasteiger charge is 2.66. The molecule has 2 aliphatic rings. The van der Waals surface area contributed by atoms with Gasteiger partial charge in [0.2, 0.25) is 5.91 Å². The molecule has 1 saturated heterocycles. The number of rotatable bonds is 10. The van der Waals surface area contributed by atoms with Gasteiger partial charge in [0.15, 0.2) is 23.1 Å². The second kappa shape index (κ2) is 12.2. The van der Waals surface area contributed by atoms with E-state index in [0.29, 0.717) is 47.0 Å². The molecule has 238 valence electrons. The van der Waals surface area contributed by atoms with Crippen LogP contribution in [0.15, 0.2) is 47.1 Å². The van der Waals surface area contributed by atoms with Gasteiger partial charge in [0.1, 0.15) is 17.8 Å². The number of halogens is 4. The highest BCUT2D eigenvalue weighted by Crippen LogP contribution is 2.59. The van der Waals surface area contributed by atoms with Crippen LogP contribution >= 0.6 is 0 Å². The van der Waals surface area contributed by atoms with Gasteiger partial charge in [-0.3, -0.25) is 14.7 Å². The molecule has 14 heteroatoms. The van der Waals surface area contributed by atoms with Crippen molar-refractivity contribution >= 4 is 22.8 Å². The molecular formula is C31H31F4N5O5. The monoisotopic (exact) mass is 629 g/mol. The van der Waals surface area contributed by atoms with Crippen molar-refractivity contribution in [1.29, 1.82) is 0 Å². The Morgan fingerprint density at radius 3 is 2.67 bits per heavy atom. The maximum absolute atomic E-state index is 15.1. The van der Waals surface area contributed by atoms with Crippen LogP contribution in [0, 0.1) is 5.82 Å². The first-order valence-corrected chi connectivity index (χ1v) is 14.5. The predicted octanol–water partition coefficient (Wildman–Crippen LogP) is 5.31. The molecule has 1 atom stereocenters. The van der Waals surface area contributed by atoms with Gasteiger partial charge in [-0.1, -0.05) is 17.3 Å². The number of ether oxygens (including phenoxy) is 3. The van der Waals surface area contributed by atoms with Crippen LogP contribution in [0.1, 0.15) is 31.1 Å². The van der Waals surface area contributed by atoms with Crippen LogP contribution in [0.4, 0.5) is 23.4 Å². The Morgan fingerprint density at radius 1 is 1.16 bits per heavy atom. The molecule has 2 aromatic carbocycles. The summed E-state index contributed by atoms with van der Waals surface area (Å²) in [5.41, 5.74) is -0.0377. The fourth-order valence-corrected chi connectivity index (χ4v) is 5.37. The summed E-state index contributed by atoms with van der Waals surface area (Å²) < 4.78 is 77.0. The van der Waals surface area contributed by atoms with E-state index in [-0.39, 0.29) is 42.5 Å². The predicted molar refractivity (Wildman–Crippen MR) is 155 cm³/mol. The van der Waals surface area contributed by atoms with Crippen molar-refractivity contribution in [1.82, 2.24) is 20.0 Å². The van der Waals surface area contributed by atoms with Crippen molar-refractivity contribution in [3.05, 3.63) is 59.7 Å². The lowest BCUT2D eigenvalue weighted by atomic mass is 10.0. The Morgan fingerprint density at radius 2 is 1.96 bits per heavy atom. The minimum atomic E-state index is -4.47. The Hall–Kier alpha value is -4.30. The molecule has 2 fully saturated rings. The number of carbonyl (C=O) groups excluding carboxylic acids is 1. The van der Waals surface area contributed by atoms with Crippen LogP contribution in [0.3, 0.4) is 0 Å². The third kappa shape index (κ3) is 6.57. The maximum atomic E-state index is 15.1. The van der Waals surface area contributed by atoms with Gasteiger partial charge in [0.05, 0.1) is 49.2 Å². The second-order valence-corrected chi connectivity index (χ2v) is 11.3. The fourth-order valence-electron chi connectivity index (χ4n) is 5.37. The van der Waals surface area contributed by atoms with E-state index in [1.165, 1.54) is 25.4 Å². The molecule has 0 bridgehead atoms. The number of benzene rings is 2. The minimum Gasteiger partial charge on any atom is -0.493 e. The van der Waals surface area contributed by atoms with E-state index >= 15 is 4.39 Å². The summed E-state index contributed by atoms with van der Waals surface area (Å²) >= 11 is 0. The van der Waals surface area contributed by atoms with Crippen LogP contribution in [0.2, 0.25) is 0 Å². The Labute approximate surface area is 255 Å². The first-order valence-electron chi connectivity index (χ1n) is 14.5. The fraction of sp³-hybridized carbons (Fsp3) is 0.419. The standard InChI is InChI=1S/C31H31F4N5O5/c1-18-17-40(7-9-43-18)8-10-44-26-13-22-23(14-25(26)42-2)37-24(16-36-22)20-4-3-19(21(32)11-20)12-29(41)38-28-15-27(45-39-28)30(5-6-30)31(33,34)35/h3-4,11,13-16,18H,5-10,12,17H2,1-2H3,(H,38,39,41)/t18-/m1/s1. The Balaban J connectivity index is 1.10. The molecule has 1 amide bonds. The van der Waals surface area contributed by atoms with Gasteiger partial charge in [0.25, 0.3) is 0 Å². The lowest BCUT2D eigenvalue weighted by Crippen LogP contribution is -2.42. The average Bonchev–Trinajstić information content (AvgIpc) is 3.71. The third-order valence-corrected chi connectivity index (χ3v) is 8.06. The summed E-state index contributed by atoms with van der Waals surface area (Å²) in [5, 5.41) is 5.91. The second-order valence-electron chi connectivity index (χ2n) is 11.3. The van der Waals surface area contributed by atoms with E-state index in [1.54, 1.807) is 18.2 Å². The lowest BCUT2D eigenvalue weighted by Gasteiger charge is -2.30. The molecule has 2 aromatic heterocycles. The van der Waals surface area contributed by atoms with Gasteiger partial charge in [-0.05, 0) is 31.4 Å². The van der Waals surface area contributed by atoms with Crippen molar-refractivity contribution in [2.75, 3.05) is 45.3 Å². The number of anilines is 1. The maximum Gasteiger partial charge on any atom is 0.401 e. The number of aromatic nitrogens is 3. The number of hydrogen-bond acceptors (Lipinski definition) is 9. The summed E-state index contributed by atoms with van der Waals surface area (Å²) in [7, 11) is 1.53. The molecule has 6 rings (SSSR count). The summed E-state index contributed by atoms with van der Waals surface area (Å²) in [4.78, 5) is 23.9. The van der Waals surface area contributed by atoms with Crippen LogP contribution in [0.5, 0.6) is 11.5 Å². The van der Waals surface area contributed by atoms with Crippen LogP contribution in [0.25, 0.3) is 22.3 Å². The van der Waals surface area contributed by atoms with E-state index in [4.69, 9.17) is 18.7 Å². The molecule has 1 N–H and O–H groups in total. The normalized spacial score (nSPS) is 18.1. The van der Waals surface area contributed by atoms with Gasteiger partial charge in [-0.2, -0.15) is 13.2 Å². The number of fused-ring (bicyclic) bond motifs is 1. The summed E-state index contributed by atoms with van der Waals surface area (Å²) in [6.45, 7) is 5.64. The first kappa shape index (κ1) is 30.7. The molecule has 1 saturated carbocycles. The van der Waals surface area contributed by atoms with E-state index < -0.39 is 23.3 Å². The Bertz CT molecular complexity index is 1710. The molecule has 1 aliphatic carbocycles. The van der Waals surface area contributed by atoms with Crippen molar-refractivity contribution in [3.63, 3.8) is 0 Å². The van der Waals surface area contributed by atoms with Gasteiger partial charge >= 0.3 is 6.18 Å². The van der Waals surface area contributed by atoms with Gasteiger partial charge in [-0.25, -0.2) is 9.37 Å². The quantitative estimate of drug-likeness (QED) is 0.234. The molecular weight excluding hydrogens is 598 g/mol. The average molecular weight is 630 g/mol. The molecule has 0 spiro atoms. The van der Waals surface area contributed by atoms with Crippen molar-refractivity contribution in [2.45, 2.75) is 43.9 Å². The lowest BCUT2D eigenvalue weighted by molar-refractivity contribution is -0.165. The van der Waals surface area contributed by atoms with Crippen molar-refractivity contribution < 1.29 is 41.1 Å². The Kier molecular flexibility index (Phi) is 8.35. The van der Waals surface area contributed by atoms with Crippen LogP contribution in [-0.2, 0) is 21.4 Å². The zero-order chi connectivity index (χ0) is 31.8. The van der Waals surface area contributed by atoms with Gasteiger partial charge in [0, 0.05) is 43.4 Å². The van der Waals surface area contributed by atoms with E-state index in [0.717, 1.165) is 25.7 Å². The molecule has 1 aliphatic heterocycles. The molecule has 4 aromatic rings. The van der Waals surface area contributed by atoms with Crippen molar-refractivity contribution in [3.8, 4) is 22.8 Å². The summed E-state index contributed by atoms with van der Waals surface area (Å²) in [5.74, 6) is -0.802. The summed E-state index contributed by atoms with van der Waals surface area (Å²) in [6.07, 6.45) is -3.34. The number of nitrogens with zero attached hydrogens (tertiary/aromatic N) is 4. The zero-order valence-corrected chi connectivity index (χ0v) is 24.6. The highest BCUT2D eigenvalue weighted by molar-refractivity contribution is 5.91. The number of methoxy groups -OCH3 is 1. The number of hydrogen-bond donors (Lipinski definition) is 1. The van der Waals surface area contributed by atoms with E-state index in [9.17, 15) is 18.0 Å². The number of amides is 1. The third-order valence-electron chi connectivity index (χ3n) is 8.06. The molecule has 0 radical (unpaired) electrons. The van der Waals surface area contributed by atoms with Crippen LogP contribution in [-0.4, -0.2) is 78.2 Å². The van der Waals surface area contributed by atoms with Gasteiger partial charge in [-0.15, -0.1) is 0 Å². The zero-order valence-electron chi connectivity index (χ0n) is 24.6. The smallest absolute Gasteiger partial charge is 0.401 e. The molecule has 0 unspecified atom stereocenters. The van der Waals surface area contributed by atoms with E-state index in [1.807, 2.05) is 6.92 Å².